The first-order valence-electron chi connectivity index (χ1n) is 6.64. The number of hydrogen-bond acceptors (Lipinski definition) is 4. The van der Waals surface area contributed by atoms with Crippen LogP contribution in [0.1, 0.15) is 33.6 Å². The SMILES string of the molecule is CC(C)(C)C1C(CO)=NOC12CCN(C(=O)O)CC2. The van der Waals surface area contributed by atoms with Gasteiger partial charge in [-0.05, 0) is 5.41 Å². The number of carbonyl (C=O) groups is 1. The zero-order valence-corrected chi connectivity index (χ0v) is 11.7. The Labute approximate surface area is 113 Å². The maximum Gasteiger partial charge on any atom is 0.407 e. The molecule has 19 heavy (non-hydrogen) atoms. The predicted octanol–water partition coefficient (Wildman–Crippen LogP) is 1.54. The Morgan fingerprint density at radius 1 is 1.47 bits per heavy atom. The number of oxime groups is 1. The Morgan fingerprint density at radius 2 is 2.05 bits per heavy atom. The number of aliphatic hydroxyl groups excluding tert-OH is 1. The smallest absolute Gasteiger partial charge is 0.407 e. The lowest BCUT2D eigenvalue weighted by Crippen LogP contribution is -2.54. The molecule has 6 heteroatoms. The molecule has 1 amide bonds. The maximum absolute atomic E-state index is 11.0. The van der Waals surface area contributed by atoms with Crippen LogP contribution in [0, 0.1) is 11.3 Å². The van der Waals surface area contributed by atoms with Crippen LogP contribution < -0.4 is 0 Å². The zero-order chi connectivity index (χ0) is 14.3. The summed E-state index contributed by atoms with van der Waals surface area (Å²) >= 11 is 0. The van der Waals surface area contributed by atoms with E-state index < -0.39 is 11.7 Å². The van der Waals surface area contributed by atoms with Gasteiger partial charge < -0.3 is 20.0 Å². The number of carboxylic acid groups (broad SMARTS) is 1. The molecule has 0 aliphatic carbocycles. The van der Waals surface area contributed by atoms with E-state index in [0.717, 1.165) is 0 Å². The molecule has 0 aromatic rings. The molecule has 1 spiro atoms. The van der Waals surface area contributed by atoms with E-state index in [-0.39, 0.29) is 17.9 Å². The molecule has 1 unspecified atom stereocenters. The van der Waals surface area contributed by atoms with E-state index >= 15 is 0 Å². The van der Waals surface area contributed by atoms with Crippen LogP contribution in [0.5, 0.6) is 0 Å². The summed E-state index contributed by atoms with van der Waals surface area (Å²) in [5, 5.41) is 22.5. The highest BCUT2D eigenvalue weighted by Gasteiger charge is 2.54. The van der Waals surface area contributed by atoms with Crippen molar-refractivity contribution in [2.24, 2.45) is 16.5 Å². The van der Waals surface area contributed by atoms with Crippen LogP contribution in [0.3, 0.4) is 0 Å². The van der Waals surface area contributed by atoms with E-state index in [0.29, 0.717) is 31.6 Å². The fourth-order valence-corrected chi connectivity index (χ4v) is 3.42. The summed E-state index contributed by atoms with van der Waals surface area (Å²) < 4.78 is 0. The van der Waals surface area contributed by atoms with Crippen LogP contribution in [0.25, 0.3) is 0 Å². The molecule has 0 saturated carbocycles. The van der Waals surface area contributed by atoms with Crippen molar-refractivity contribution >= 4 is 11.8 Å². The molecular weight excluding hydrogens is 248 g/mol. The molecule has 2 rings (SSSR count). The van der Waals surface area contributed by atoms with Gasteiger partial charge >= 0.3 is 6.09 Å². The van der Waals surface area contributed by atoms with Crippen molar-refractivity contribution in [1.82, 2.24) is 4.90 Å². The standard InChI is InChI=1S/C13H22N2O4/c1-12(2,3)10-9(8-16)14-19-13(10)4-6-15(7-5-13)11(17)18/h10,16H,4-8H2,1-3H3,(H,17,18). The normalized spacial score (nSPS) is 26.2. The lowest BCUT2D eigenvalue weighted by molar-refractivity contribution is -0.101. The lowest BCUT2D eigenvalue weighted by atomic mass is 9.65. The van der Waals surface area contributed by atoms with Gasteiger partial charge in [0, 0.05) is 25.9 Å². The molecule has 0 aromatic heterocycles. The molecule has 0 aromatic carbocycles. The Hall–Kier alpha value is -1.30. The molecule has 2 heterocycles. The molecule has 108 valence electrons. The van der Waals surface area contributed by atoms with Gasteiger partial charge in [-0.3, -0.25) is 0 Å². The van der Waals surface area contributed by atoms with Crippen molar-refractivity contribution in [3.8, 4) is 0 Å². The largest absolute Gasteiger partial charge is 0.465 e. The van der Waals surface area contributed by atoms with Gasteiger partial charge in [0.1, 0.15) is 5.60 Å². The first-order valence-corrected chi connectivity index (χ1v) is 6.64. The van der Waals surface area contributed by atoms with Crippen LogP contribution in [0.15, 0.2) is 5.16 Å². The third kappa shape index (κ3) is 2.41. The van der Waals surface area contributed by atoms with Crippen LogP contribution in [-0.4, -0.2) is 52.2 Å². The molecule has 1 saturated heterocycles. The molecular formula is C13H22N2O4. The number of likely N-dealkylation sites (tertiary alicyclic amines) is 1. The van der Waals surface area contributed by atoms with E-state index in [1.807, 2.05) is 0 Å². The van der Waals surface area contributed by atoms with Crippen molar-refractivity contribution in [2.75, 3.05) is 19.7 Å². The summed E-state index contributed by atoms with van der Waals surface area (Å²) in [7, 11) is 0. The van der Waals surface area contributed by atoms with Crippen molar-refractivity contribution in [1.29, 1.82) is 0 Å². The number of aliphatic hydroxyl groups is 1. The van der Waals surface area contributed by atoms with Gasteiger partial charge in [-0.25, -0.2) is 4.79 Å². The summed E-state index contributed by atoms with van der Waals surface area (Å²) in [6, 6.07) is 0. The highest BCUT2D eigenvalue weighted by Crippen LogP contribution is 2.47. The Balaban J connectivity index is 2.19. The van der Waals surface area contributed by atoms with Gasteiger partial charge in [0.05, 0.1) is 18.2 Å². The number of rotatable bonds is 1. The van der Waals surface area contributed by atoms with E-state index in [4.69, 9.17) is 9.94 Å². The van der Waals surface area contributed by atoms with Gasteiger partial charge in [-0.2, -0.15) is 0 Å². The molecule has 2 aliphatic rings. The van der Waals surface area contributed by atoms with Crippen molar-refractivity contribution < 1.29 is 19.8 Å². The zero-order valence-electron chi connectivity index (χ0n) is 11.7. The topological polar surface area (TPSA) is 82.4 Å². The molecule has 6 nitrogen and oxygen atoms in total. The molecule has 0 bridgehead atoms. The van der Waals surface area contributed by atoms with Gasteiger partial charge in [-0.15, -0.1) is 0 Å². The lowest BCUT2D eigenvalue weighted by Gasteiger charge is -2.44. The average molecular weight is 270 g/mol. The number of nitrogens with zero attached hydrogens (tertiary/aromatic N) is 2. The van der Waals surface area contributed by atoms with E-state index in [1.165, 1.54) is 4.90 Å². The Kier molecular flexibility index (Phi) is 3.47. The molecule has 1 fully saturated rings. The highest BCUT2D eigenvalue weighted by molar-refractivity contribution is 5.90. The van der Waals surface area contributed by atoms with Gasteiger partial charge in [0.15, 0.2) is 0 Å². The molecule has 2 N–H and O–H groups in total. The molecule has 2 aliphatic heterocycles. The fraction of sp³-hybridized carbons (Fsp3) is 0.846. The first-order chi connectivity index (χ1) is 8.80. The third-order valence-corrected chi connectivity index (χ3v) is 4.11. The second kappa shape index (κ2) is 4.67. The van der Waals surface area contributed by atoms with Crippen LogP contribution in [0.4, 0.5) is 4.79 Å². The van der Waals surface area contributed by atoms with E-state index in [1.54, 1.807) is 0 Å². The minimum Gasteiger partial charge on any atom is -0.465 e. The summed E-state index contributed by atoms with van der Waals surface area (Å²) in [4.78, 5) is 18.0. The second-order valence-corrected chi connectivity index (χ2v) is 6.47. The Bertz CT molecular complexity index is 392. The minimum atomic E-state index is -0.886. The summed E-state index contributed by atoms with van der Waals surface area (Å²) in [5.41, 5.74) is 0.141. The quantitative estimate of drug-likeness (QED) is 0.757. The first kappa shape index (κ1) is 14.1. The number of amides is 1. The van der Waals surface area contributed by atoms with Crippen molar-refractivity contribution in [3.05, 3.63) is 0 Å². The van der Waals surface area contributed by atoms with Crippen molar-refractivity contribution in [3.63, 3.8) is 0 Å². The fourth-order valence-electron chi connectivity index (χ4n) is 3.42. The summed E-state index contributed by atoms with van der Waals surface area (Å²) in [6.45, 7) is 7.10. The van der Waals surface area contributed by atoms with Crippen molar-refractivity contribution in [2.45, 2.75) is 39.2 Å². The summed E-state index contributed by atoms with van der Waals surface area (Å²) in [5.74, 6) is 0.0287. The van der Waals surface area contributed by atoms with Crippen LogP contribution in [0.2, 0.25) is 0 Å². The van der Waals surface area contributed by atoms with E-state index in [2.05, 4.69) is 25.9 Å². The third-order valence-electron chi connectivity index (χ3n) is 4.11. The monoisotopic (exact) mass is 270 g/mol. The van der Waals surface area contributed by atoms with Crippen LogP contribution >= 0.6 is 0 Å². The second-order valence-electron chi connectivity index (χ2n) is 6.47. The van der Waals surface area contributed by atoms with Gasteiger partial charge in [0.2, 0.25) is 0 Å². The van der Waals surface area contributed by atoms with Gasteiger partial charge in [-0.1, -0.05) is 25.9 Å². The highest BCUT2D eigenvalue weighted by atomic mass is 16.7. The van der Waals surface area contributed by atoms with Crippen LogP contribution in [-0.2, 0) is 4.84 Å². The predicted molar refractivity (Wildman–Crippen MR) is 70.1 cm³/mol. The minimum absolute atomic E-state index is 0.0287. The average Bonchev–Trinajstić information content (AvgIpc) is 2.68. The molecule has 1 atom stereocenters. The number of piperidine rings is 1. The maximum atomic E-state index is 11.0. The summed E-state index contributed by atoms with van der Waals surface area (Å²) in [6.07, 6.45) is 0.353. The van der Waals surface area contributed by atoms with E-state index in [9.17, 15) is 9.90 Å². The number of hydrogen-bond donors (Lipinski definition) is 2. The Morgan fingerprint density at radius 3 is 2.47 bits per heavy atom. The van der Waals surface area contributed by atoms with Gasteiger partial charge in [0.25, 0.3) is 0 Å². The molecule has 0 radical (unpaired) electrons.